The second-order valence-corrected chi connectivity index (χ2v) is 9.50. The summed E-state index contributed by atoms with van der Waals surface area (Å²) in [6.07, 6.45) is 5.11. The second-order valence-electron chi connectivity index (χ2n) is 9.50. The van der Waals surface area contributed by atoms with Crippen molar-refractivity contribution in [2.45, 2.75) is 50.9 Å². The average molecular weight is 479 g/mol. The van der Waals surface area contributed by atoms with Crippen molar-refractivity contribution in [3.8, 4) is 11.1 Å². The Balaban J connectivity index is 1.09. The summed E-state index contributed by atoms with van der Waals surface area (Å²) in [5.41, 5.74) is 4.76. The van der Waals surface area contributed by atoms with E-state index >= 15 is 0 Å². The van der Waals surface area contributed by atoms with Crippen molar-refractivity contribution in [1.82, 2.24) is 10.6 Å². The molecule has 2 aliphatic carbocycles. The molecule has 1 fully saturated rings. The van der Waals surface area contributed by atoms with Crippen LogP contribution in [-0.2, 0) is 14.3 Å². The van der Waals surface area contributed by atoms with Gasteiger partial charge in [0.15, 0.2) is 0 Å². The van der Waals surface area contributed by atoms with Gasteiger partial charge in [0.25, 0.3) is 0 Å². The average Bonchev–Trinajstić information content (AvgIpc) is 3.15. The van der Waals surface area contributed by atoms with E-state index < -0.39 is 18.0 Å². The van der Waals surface area contributed by atoms with E-state index in [0.29, 0.717) is 19.4 Å². The number of benzene rings is 2. The molecule has 1 unspecified atom stereocenters. The first-order chi connectivity index (χ1) is 17.0. The Bertz CT molecular complexity index is 1000. The van der Waals surface area contributed by atoms with Crippen molar-refractivity contribution < 1.29 is 24.2 Å². The van der Waals surface area contributed by atoms with Crippen LogP contribution in [-0.4, -0.2) is 42.8 Å². The fraction of sp³-hybridized carbons (Fsp3) is 0.464. The minimum Gasteiger partial charge on any atom is -0.481 e. The van der Waals surface area contributed by atoms with E-state index in [1.165, 1.54) is 22.3 Å². The summed E-state index contributed by atoms with van der Waals surface area (Å²) in [6.45, 7) is 0.988. The monoisotopic (exact) mass is 478 g/mol. The molecule has 2 aromatic rings. The highest BCUT2D eigenvalue weighted by Crippen LogP contribution is 2.44. The summed E-state index contributed by atoms with van der Waals surface area (Å²) < 4.78 is 5.53. The number of hydrogen-bond acceptors (Lipinski definition) is 4. The van der Waals surface area contributed by atoms with E-state index in [1.807, 2.05) is 24.3 Å². The SMILES string of the molecule is O=C(CCCCCNC(=O)OCC1c2ccccc2-c2ccccc21)NCC(C(=O)O)C1CCC1. The summed E-state index contributed by atoms with van der Waals surface area (Å²) >= 11 is 0. The normalized spacial score (nSPS) is 15.4. The molecule has 0 spiro atoms. The molecule has 7 nitrogen and oxygen atoms in total. The van der Waals surface area contributed by atoms with Crippen LogP contribution >= 0.6 is 0 Å². The van der Waals surface area contributed by atoms with Crippen LogP contribution in [0.25, 0.3) is 11.1 Å². The molecule has 2 aromatic carbocycles. The van der Waals surface area contributed by atoms with Gasteiger partial charge in [-0.2, -0.15) is 0 Å². The zero-order chi connectivity index (χ0) is 24.6. The Morgan fingerprint density at radius 3 is 2.17 bits per heavy atom. The zero-order valence-electron chi connectivity index (χ0n) is 20.0. The van der Waals surface area contributed by atoms with Gasteiger partial charge in [-0.3, -0.25) is 9.59 Å². The van der Waals surface area contributed by atoms with E-state index in [4.69, 9.17) is 4.74 Å². The van der Waals surface area contributed by atoms with Crippen LogP contribution in [0.15, 0.2) is 48.5 Å². The van der Waals surface area contributed by atoms with Crippen LogP contribution in [0.3, 0.4) is 0 Å². The molecule has 4 rings (SSSR count). The van der Waals surface area contributed by atoms with Crippen molar-refractivity contribution in [3.63, 3.8) is 0 Å². The Kier molecular flexibility index (Phi) is 8.40. The van der Waals surface area contributed by atoms with E-state index in [2.05, 4.69) is 34.9 Å². The number of carbonyl (C=O) groups excluding carboxylic acids is 2. The molecule has 0 radical (unpaired) electrons. The second kappa shape index (κ2) is 11.9. The third-order valence-electron chi connectivity index (χ3n) is 7.25. The molecule has 2 aliphatic rings. The molecule has 1 saturated carbocycles. The zero-order valence-corrected chi connectivity index (χ0v) is 20.0. The molecular formula is C28H34N2O5. The molecule has 0 heterocycles. The van der Waals surface area contributed by atoms with E-state index in [9.17, 15) is 19.5 Å². The van der Waals surface area contributed by atoms with Gasteiger partial charge in [0.1, 0.15) is 6.61 Å². The lowest BCUT2D eigenvalue weighted by Crippen LogP contribution is -2.39. The van der Waals surface area contributed by atoms with Crippen LogP contribution < -0.4 is 10.6 Å². The Labute approximate surface area is 206 Å². The van der Waals surface area contributed by atoms with E-state index in [0.717, 1.165) is 32.1 Å². The minimum atomic E-state index is -0.825. The third-order valence-corrected chi connectivity index (χ3v) is 7.25. The number of unbranched alkanes of at least 4 members (excludes halogenated alkanes) is 2. The van der Waals surface area contributed by atoms with Gasteiger partial charge >= 0.3 is 12.1 Å². The first-order valence-electron chi connectivity index (χ1n) is 12.6. The number of alkyl carbamates (subject to hydrolysis) is 1. The number of aliphatic carboxylic acids is 1. The smallest absolute Gasteiger partial charge is 0.407 e. The lowest BCUT2D eigenvalue weighted by atomic mass is 9.76. The highest BCUT2D eigenvalue weighted by atomic mass is 16.5. The number of nitrogens with one attached hydrogen (secondary N) is 2. The summed E-state index contributed by atoms with van der Waals surface area (Å²) in [6, 6.07) is 16.5. The van der Waals surface area contributed by atoms with Gasteiger partial charge in [-0.25, -0.2) is 4.79 Å². The van der Waals surface area contributed by atoms with Gasteiger partial charge in [0.2, 0.25) is 5.91 Å². The number of hydrogen-bond donors (Lipinski definition) is 3. The van der Waals surface area contributed by atoms with Gasteiger partial charge in [-0.15, -0.1) is 0 Å². The minimum absolute atomic E-state index is 0.0386. The van der Waals surface area contributed by atoms with E-state index in [1.54, 1.807) is 0 Å². The summed E-state index contributed by atoms with van der Waals surface area (Å²) in [5.74, 6) is -1.18. The third kappa shape index (κ3) is 6.21. The Morgan fingerprint density at radius 1 is 0.914 bits per heavy atom. The van der Waals surface area contributed by atoms with E-state index in [-0.39, 0.29) is 30.9 Å². The standard InChI is InChI=1S/C28H34N2O5/c31-26(30-17-24(27(32)33)19-9-8-10-19)15-2-1-7-16-29-28(34)35-18-25-22-13-5-3-11-20(22)21-12-4-6-14-23(21)25/h3-6,11-14,19,24-25H,1-2,7-10,15-18H2,(H,29,34)(H,30,31)(H,32,33). The fourth-order valence-electron chi connectivity index (χ4n) is 5.04. The molecule has 186 valence electrons. The number of amides is 2. The van der Waals surface area contributed by atoms with Crippen molar-refractivity contribution in [2.75, 3.05) is 19.7 Å². The number of carboxylic acids is 1. The lowest BCUT2D eigenvalue weighted by Gasteiger charge is -2.31. The number of fused-ring (bicyclic) bond motifs is 3. The predicted molar refractivity (Wildman–Crippen MR) is 133 cm³/mol. The van der Waals surface area contributed by atoms with Crippen LogP contribution in [0.5, 0.6) is 0 Å². The Hall–Kier alpha value is -3.35. The number of ether oxygens (including phenoxy) is 1. The van der Waals surface area contributed by atoms with Gasteiger partial charge in [0, 0.05) is 25.4 Å². The van der Waals surface area contributed by atoms with Crippen molar-refractivity contribution >= 4 is 18.0 Å². The first kappa shape index (κ1) is 24.8. The van der Waals surface area contributed by atoms with Gasteiger partial charge < -0.3 is 20.5 Å². The lowest BCUT2D eigenvalue weighted by molar-refractivity contribution is -0.144. The maximum Gasteiger partial charge on any atom is 0.407 e. The first-order valence-corrected chi connectivity index (χ1v) is 12.6. The Morgan fingerprint density at radius 2 is 1.57 bits per heavy atom. The van der Waals surface area contributed by atoms with Crippen molar-refractivity contribution in [2.24, 2.45) is 11.8 Å². The van der Waals surface area contributed by atoms with Crippen LogP contribution in [0.2, 0.25) is 0 Å². The van der Waals surface area contributed by atoms with Crippen LogP contribution in [0.1, 0.15) is 62.0 Å². The highest BCUT2D eigenvalue weighted by molar-refractivity contribution is 5.79. The van der Waals surface area contributed by atoms with Crippen LogP contribution in [0, 0.1) is 11.8 Å². The predicted octanol–water partition coefficient (Wildman–Crippen LogP) is 4.70. The quantitative estimate of drug-likeness (QED) is 0.384. The molecule has 1 atom stereocenters. The number of carbonyl (C=O) groups is 3. The molecule has 35 heavy (non-hydrogen) atoms. The summed E-state index contributed by atoms with van der Waals surface area (Å²) in [5, 5.41) is 14.9. The maximum absolute atomic E-state index is 12.2. The number of rotatable bonds is 12. The largest absolute Gasteiger partial charge is 0.481 e. The van der Waals surface area contributed by atoms with Crippen molar-refractivity contribution in [3.05, 3.63) is 59.7 Å². The molecule has 3 N–H and O–H groups in total. The topological polar surface area (TPSA) is 105 Å². The van der Waals surface area contributed by atoms with Gasteiger partial charge in [-0.05, 0) is 53.9 Å². The number of carboxylic acid groups (broad SMARTS) is 1. The maximum atomic E-state index is 12.2. The molecule has 0 aromatic heterocycles. The fourth-order valence-corrected chi connectivity index (χ4v) is 5.04. The van der Waals surface area contributed by atoms with Gasteiger partial charge in [0.05, 0.1) is 5.92 Å². The highest BCUT2D eigenvalue weighted by Gasteiger charge is 2.32. The summed E-state index contributed by atoms with van der Waals surface area (Å²) in [7, 11) is 0. The molecule has 0 aliphatic heterocycles. The van der Waals surface area contributed by atoms with Crippen LogP contribution in [0.4, 0.5) is 4.79 Å². The molecule has 2 amide bonds. The molecule has 7 heteroatoms. The van der Waals surface area contributed by atoms with Crippen molar-refractivity contribution in [1.29, 1.82) is 0 Å². The summed E-state index contributed by atoms with van der Waals surface area (Å²) in [4.78, 5) is 35.6. The molecular weight excluding hydrogens is 444 g/mol. The van der Waals surface area contributed by atoms with Gasteiger partial charge in [-0.1, -0.05) is 61.4 Å². The molecule has 0 saturated heterocycles. The molecule has 0 bridgehead atoms.